The minimum atomic E-state index is 0.110. The van der Waals surface area contributed by atoms with Gasteiger partial charge in [-0.25, -0.2) is 0 Å². The van der Waals surface area contributed by atoms with E-state index in [1.54, 1.807) is 14.2 Å². The maximum atomic E-state index is 12.4. The average Bonchev–Trinajstić information content (AvgIpc) is 3.15. The molecule has 1 amide bonds. The van der Waals surface area contributed by atoms with Crippen LogP contribution in [0.3, 0.4) is 0 Å². The van der Waals surface area contributed by atoms with E-state index < -0.39 is 0 Å². The Kier molecular flexibility index (Phi) is 6.38. The first kappa shape index (κ1) is 19.0. The fraction of sp³-hybridized carbons (Fsp3) is 0.650. The van der Waals surface area contributed by atoms with Crippen LogP contribution in [0.2, 0.25) is 0 Å². The zero-order chi connectivity index (χ0) is 18.5. The smallest absolute Gasteiger partial charge is 0.223 e. The third kappa shape index (κ3) is 4.13. The number of fused-ring (bicyclic) bond motifs is 1. The van der Waals surface area contributed by atoms with Crippen molar-refractivity contribution in [2.75, 3.05) is 40.4 Å². The van der Waals surface area contributed by atoms with Gasteiger partial charge in [-0.05, 0) is 55.0 Å². The molecule has 1 aliphatic heterocycles. The van der Waals surface area contributed by atoms with E-state index in [4.69, 9.17) is 15.2 Å². The molecule has 6 heteroatoms. The Morgan fingerprint density at radius 2 is 1.96 bits per heavy atom. The predicted octanol–water partition coefficient (Wildman–Crippen LogP) is 1.55. The van der Waals surface area contributed by atoms with Crippen molar-refractivity contribution in [1.29, 1.82) is 0 Å². The first-order valence-corrected chi connectivity index (χ1v) is 9.60. The summed E-state index contributed by atoms with van der Waals surface area (Å²) in [5.74, 6) is 2.22. The fourth-order valence-corrected chi connectivity index (χ4v) is 4.26. The average molecular weight is 361 g/mol. The number of hydrogen-bond acceptors (Lipinski definition) is 5. The van der Waals surface area contributed by atoms with Crippen LogP contribution in [0.1, 0.15) is 30.4 Å². The van der Waals surface area contributed by atoms with Gasteiger partial charge in [0.15, 0.2) is 11.5 Å². The monoisotopic (exact) mass is 361 g/mol. The standard InChI is InChI=1S/C20H31N3O3/c1-25-18-10-14-6-8-23(13-16(14)11-19(18)26-2)9-7-22-20(24)17-5-3-4-15(17)12-21/h10-11,15,17H,3-9,12-13,21H2,1-2H3,(H,22,24)/t15-,17-/m1/s1. The molecular weight excluding hydrogens is 330 g/mol. The number of amides is 1. The Labute approximate surface area is 156 Å². The summed E-state index contributed by atoms with van der Waals surface area (Å²) in [5.41, 5.74) is 8.39. The summed E-state index contributed by atoms with van der Waals surface area (Å²) in [6, 6.07) is 4.16. The van der Waals surface area contributed by atoms with Crippen LogP contribution in [-0.2, 0) is 17.8 Å². The van der Waals surface area contributed by atoms with Crippen LogP contribution in [0.15, 0.2) is 12.1 Å². The van der Waals surface area contributed by atoms with Gasteiger partial charge in [0.2, 0.25) is 5.91 Å². The number of nitrogens with one attached hydrogen (secondary N) is 1. The van der Waals surface area contributed by atoms with E-state index in [1.165, 1.54) is 11.1 Å². The summed E-state index contributed by atoms with van der Waals surface area (Å²) in [6.45, 7) is 4.04. The van der Waals surface area contributed by atoms with Crippen LogP contribution < -0.4 is 20.5 Å². The Morgan fingerprint density at radius 1 is 1.23 bits per heavy atom. The van der Waals surface area contributed by atoms with Gasteiger partial charge < -0.3 is 20.5 Å². The van der Waals surface area contributed by atoms with Crippen LogP contribution in [-0.4, -0.2) is 51.2 Å². The molecule has 1 heterocycles. The lowest BCUT2D eigenvalue weighted by Crippen LogP contribution is -2.41. The van der Waals surface area contributed by atoms with Crippen LogP contribution in [0.4, 0.5) is 0 Å². The number of nitrogens with zero attached hydrogens (tertiary/aromatic N) is 1. The molecule has 1 aromatic carbocycles. The highest BCUT2D eigenvalue weighted by Gasteiger charge is 2.31. The van der Waals surface area contributed by atoms with Crippen LogP contribution in [0, 0.1) is 11.8 Å². The Hall–Kier alpha value is -1.79. The van der Waals surface area contributed by atoms with Crippen molar-refractivity contribution in [2.24, 2.45) is 17.6 Å². The van der Waals surface area contributed by atoms with Gasteiger partial charge in [-0.1, -0.05) is 6.42 Å². The van der Waals surface area contributed by atoms with Gasteiger partial charge in [0, 0.05) is 32.1 Å². The first-order valence-electron chi connectivity index (χ1n) is 9.60. The molecule has 1 aromatic rings. The Morgan fingerprint density at radius 3 is 2.65 bits per heavy atom. The summed E-state index contributed by atoms with van der Waals surface area (Å²) in [7, 11) is 3.33. The lowest BCUT2D eigenvalue weighted by molar-refractivity contribution is -0.126. The lowest BCUT2D eigenvalue weighted by Gasteiger charge is -2.29. The van der Waals surface area contributed by atoms with E-state index in [1.807, 2.05) is 0 Å². The number of methoxy groups -OCH3 is 2. The molecule has 2 aliphatic rings. The van der Waals surface area contributed by atoms with Gasteiger partial charge in [0.1, 0.15) is 0 Å². The van der Waals surface area contributed by atoms with Crippen LogP contribution in [0.5, 0.6) is 11.5 Å². The lowest BCUT2D eigenvalue weighted by atomic mass is 9.95. The maximum absolute atomic E-state index is 12.4. The number of carbonyl (C=O) groups is 1. The topological polar surface area (TPSA) is 76.8 Å². The zero-order valence-electron chi connectivity index (χ0n) is 15.9. The summed E-state index contributed by atoms with van der Waals surface area (Å²) in [4.78, 5) is 14.8. The maximum Gasteiger partial charge on any atom is 0.223 e. The molecule has 26 heavy (non-hydrogen) atoms. The van der Waals surface area contributed by atoms with Crippen molar-refractivity contribution in [3.63, 3.8) is 0 Å². The fourth-order valence-electron chi connectivity index (χ4n) is 4.26. The summed E-state index contributed by atoms with van der Waals surface area (Å²) in [6.07, 6.45) is 4.17. The van der Waals surface area contributed by atoms with E-state index in [9.17, 15) is 4.79 Å². The van der Waals surface area contributed by atoms with Crippen molar-refractivity contribution < 1.29 is 14.3 Å². The number of rotatable bonds is 7. The van der Waals surface area contributed by atoms with Crippen molar-refractivity contribution in [1.82, 2.24) is 10.2 Å². The molecule has 0 aromatic heterocycles. The van der Waals surface area contributed by atoms with E-state index >= 15 is 0 Å². The van der Waals surface area contributed by atoms with Gasteiger partial charge in [0.25, 0.3) is 0 Å². The third-order valence-corrected chi connectivity index (χ3v) is 5.82. The quantitative estimate of drug-likeness (QED) is 0.771. The molecule has 1 fully saturated rings. The largest absolute Gasteiger partial charge is 0.493 e. The number of hydrogen-bond donors (Lipinski definition) is 2. The molecule has 2 atom stereocenters. The summed E-state index contributed by atoms with van der Waals surface area (Å²) < 4.78 is 10.8. The van der Waals surface area contributed by atoms with Crippen molar-refractivity contribution in [3.05, 3.63) is 23.3 Å². The molecule has 0 radical (unpaired) electrons. The number of benzene rings is 1. The second kappa shape index (κ2) is 8.73. The van der Waals surface area contributed by atoms with Crippen LogP contribution >= 0.6 is 0 Å². The third-order valence-electron chi connectivity index (χ3n) is 5.82. The number of ether oxygens (including phenoxy) is 2. The predicted molar refractivity (Wildman–Crippen MR) is 101 cm³/mol. The first-order chi connectivity index (χ1) is 12.7. The van der Waals surface area contributed by atoms with Crippen LogP contribution in [0.25, 0.3) is 0 Å². The summed E-state index contributed by atoms with van der Waals surface area (Å²) in [5, 5.41) is 3.12. The van der Waals surface area contributed by atoms with E-state index in [0.29, 0.717) is 19.0 Å². The highest BCUT2D eigenvalue weighted by atomic mass is 16.5. The molecule has 144 valence electrons. The van der Waals surface area contributed by atoms with Gasteiger partial charge >= 0.3 is 0 Å². The SMILES string of the molecule is COc1cc2c(cc1OC)CN(CCNC(=O)[C@@H]1CCC[C@@H]1CN)CC2. The zero-order valence-corrected chi connectivity index (χ0v) is 15.9. The highest BCUT2D eigenvalue weighted by Crippen LogP contribution is 2.33. The Balaban J connectivity index is 1.51. The second-order valence-corrected chi connectivity index (χ2v) is 7.33. The molecule has 6 nitrogen and oxygen atoms in total. The minimum absolute atomic E-state index is 0.110. The van der Waals surface area contributed by atoms with Crippen molar-refractivity contribution in [3.8, 4) is 11.5 Å². The van der Waals surface area contributed by atoms with Gasteiger partial charge in [0.05, 0.1) is 14.2 Å². The van der Waals surface area contributed by atoms with Gasteiger partial charge in [-0.2, -0.15) is 0 Å². The summed E-state index contributed by atoms with van der Waals surface area (Å²) >= 11 is 0. The number of nitrogens with two attached hydrogens (primary N) is 1. The van der Waals surface area contributed by atoms with E-state index in [2.05, 4.69) is 22.3 Å². The Bertz CT molecular complexity index is 635. The second-order valence-electron chi connectivity index (χ2n) is 7.33. The van der Waals surface area contributed by atoms with Gasteiger partial charge in [-0.3, -0.25) is 9.69 Å². The molecular formula is C20H31N3O3. The normalized spacial score (nSPS) is 22.7. The molecule has 1 saturated carbocycles. The molecule has 1 aliphatic carbocycles. The molecule has 3 N–H and O–H groups in total. The van der Waals surface area contributed by atoms with Crippen molar-refractivity contribution >= 4 is 5.91 Å². The molecule has 0 bridgehead atoms. The highest BCUT2D eigenvalue weighted by molar-refractivity contribution is 5.79. The van der Waals surface area contributed by atoms with Gasteiger partial charge in [-0.15, -0.1) is 0 Å². The van der Waals surface area contributed by atoms with Crippen molar-refractivity contribution in [2.45, 2.75) is 32.2 Å². The molecule has 3 rings (SSSR count). The number of carbonyl (C=O) groups excluding carboxylic acids is 1. The molecule has 0 spiro atoms. The van der Waals surface area contributed by atoms with E-state index in [0.717, 1.165) is 56.8 Å². The minimum Gasteiger partial charge on any atom is -0.493 e. The molecule has 0 saturated heterocycles. The molecule has 0 unspecified atom stereocenters. The van der Waals surface area contributed by atoms with E-state index in [-0.39, 0.29) is 11.8 Å².